The average molecular weight is 263 g/mol. The van der Waals surface area contributed by atoms with Crippen LogP contribution in [0.3, 0.4) is 0 Å². The summed E-state index contributed by atoms with van der Waals surface area (Å²) in [6, 6.07) is 0.354. The van der Waals surface area contributed by atoms with Crippen molar-refractivity contribution in [2.24, 2.45) is 24.8 Å². The maximum atomic E-state index is 5.45. The zero-order valence-corrected chi connectivity index (χ0v) is 12.2. The normalized spacial score (nSPS) is 30.8. The number of rotatable bonds is 5. The molecule has 0 saturated heterocycles. The first-order valence-electron chi connectivity index (χ1n) is 7.46. The average Bonchev–Trinajstić information content (AvgIpc) is 3.11. The van der Waals surface area contributed by atoms with Crippen molar-refractivity contribution >= 4 is 0 Å². The van der Waals surface area contributed by atoms with Gasteiger partial charge in [-0.2, -0.15) is 5.10 Å². The molecule has 19 heavy (non-hydrogen) atoms. The summed E-state index contributed by atoms with van der Waals surface area (Å²) in [6.07, 6.45) is 8.87. The Morgan fingerprint density at radius 2 is 2.32 bits per heavy atom. The fourth-order valence-electron chi connectivity index (χ4n) is 4.32. The number of methoxy groups -OCH3 is 1. The number of nitrogens with zero attached hydrogens (tertiary/aromatic N) is 2. The summed E-state index contributed by atoms with van der Waals surface area (Å²) in [5, 5.41) is 7.80. The molecule has 4 nitrogen and oxygen atoms in total. The zero-order valence-electron chi connectivity index (χ0n) is 12.2. The van der Waals surface area contributed by atoms with Crippen LogP contribution in [0.25, 0.3) is 0 Å². The fraction of sp³-hybridized carbons (Fsp3) is 0.800. The summed E-state index contributed by atoms with van der Waals surface area (Å²) in [7, 11) is 5.78. The van der Waals surface area contributed by atoms with Crippen molar-refractivity contribution in [2.75, 3.05) is 14.2 Å². The molecule has 1 aromatic rings. The van der Waals surface area contributed by atoms with Crippen LogP contribution < -0.4 is 10.1 Å². The predicted molar refractivity (Wildman–Crippen MR) is 75.1 cm³/mol. The van der Waals surface area contributed by atoms with Crippen molar-refractivity contribution in [1.29, 1.82) is 0 Å². The second-order valence-electron chi connectivity index (χ2n) is 6.23. The van der Waals surface area contributed by atoms with E-state index in [1.807, 2.05) is 25.0 Å². The molecule has 4 unspecified atom stereocenters. The first kappa shape index (κ1) is 13.0. The van der Waals surface area contributed by atoms with Crippen molar-refractivity contribution < 1.29 is 4.74 Å². The first-order valence-corrected chi connectivity index (χ1v) is 7.46. The third kappa shape index (κ3) is 2.27. The summed E-state index contributed by atoms with van der Waals surface area (Å²) in [5.41, 5.74) is 1.19. The molecule has 2 aliphatic rings. The number of hydrogen-bond donors (Lipinski definition) is 1. The Morgan fingerprint density at radius 3 is 2.89 bits per heavy atom. The standard InChI is InChI=1S/C15H25N3O/c1-16-13(15-14(19-3)9-17-18(15)2)8-12-7-10-4-5-11(12)6-10/h9-13,16H,4-8H2,1-3H3. The summed E-state index contributed by atoms with van der Waals surface area (Å²) in [5.74, 6) is 3.78. The minimum absolute atomic E-state index is 0.354. The van der Waals surface area contributed by atoms with E-state index in [9.17, 15) is 0 Å². The van der Waals surface area contributed by atoms with E-state index in [2.05, 4.69) is 10.4 Å². The highest BCUT2D eigenvalue weighted by Crippen LogP contribution is 2.51. The van der Waals surface area contributed by atoms with Gasteiger partial charge in [0.15, 0.2) is 5.75 Å². The van der Waals surface area contributed by atoms with Crippen molar-refractivity contribution in [2.45, 2.75) is 38.1 Å². The molecule has 0 radical (unpaired) electrons. The van der Waals surface area contributed by atoms with Gasteiger partial charge in [-0.3, -0.25) is 4.68 Å². The number of fused-ring (bicyclic) bond motifs is 2. The minimum atomic E-state index is 0.354. The molecule has 0 aromatic carbocycles. The van der Waals surface area contributed by atoms with Gasteiger partial charge in [-0.15, -0.1) is 0 Å². The predicted octanol–water partition coefficient (Wildman–Crippen LogP) is 2.52. The van der Waals surface area contributed by atoms with Crippen LogP contribution in [0.2, 0.25) is 0 Å². The van der Waals surface area contributed by atoms with Gasteiger partial charge in [0.25, 0.3) is 0 Å². The Kier molecular flexibility index (Phi) is 3.52. The summed E-state index contributed by atoms with van der Waals surface area (Å²) >= 11 is 0. The van der Waals surface area contributed by atoms with Gasteiger partial charge in [0.05, 0.1) is 25.0 Å². The van der Waals surface area contributed by atoms with Gasteiger partial charge in [-0.05, 0) is 50.5 Å². The first-order chi connectivity index (χ1) is 9.22. The van der Waals surface area contributed by atoms with Crippen LogP contribution in [0, 0.1) is 17.8 Å². The van der Waals surface area contributed by atoms with Gasteiger partial charge in [0, 0.05) is 7.05 Å². The molecule has 0 aliphatic heterocycles. The summed E-state index contributed by atoms with van der Waals surface area (Å²) in [4.78, 5) is 0. The van der Waals surface area contributed by atoms with E-state index in [0.717, 1.165) is 23.5 Å². The molecular formula is C15H25N3O. The highest BCUT2D eigenvalue weighted by Gasteiger charge is 2.40. The quantitative estimate of drug-likeness (QED) is 0.887. The maximum Gasteiger partial charge on any atom is 0.161 e. The van der Waals surface area contributed by atoms with Crippen LogP contribution in [0.5, 0.6) is 5.75 Å². The monoisotopic (exact) mass is 263 g/mol. The summed E-state index contributed by atoms with van der Waals surface area (Å²) < 4.78 is 7.40. The van der Waals surface area contributed by atoms with Crippen molar-refractivity contribution in [3.8, 4) is 5.75 Å². The van der Waals surface area contributed by atoms with E-state index in [-0.39, 0.29) is 0 Å². The van der Waals surface area contributed by atoms with Gasteiger partial charge < -0.3 is 10.1 Å². The molecular weight excluding hydrogens is 238 g/mol. The highest BCUT2D eigenvalue weighted by atomic mass is 16.5. The van der Waals surface area contributed by atoms with Crippen molar-refractivity contribution in [3.63, 3.8) is 0 Å². The molecule has 2 saturated carbocycles. The molecule has 1 heterocycles. The second-order valence-corrected chi connectivity index (χ2v) is 6.23. The third-order valence-electron chi connectivity index (χ3n) is 5.27. The van der Waals surface area contributed by atoms with E-state index in [4.69, 9.17) is 4.74 Å². The zero-order chi connectivity index (χ0) is 13.4. The second kappa shape index (κ2) is 5.16. The number of nitrogens with one attached hydrogen (secondary N) is 1. The van der Waals surface area contributed by atoms with Gasteiger partial charge in [-0.1, -0.05) is 6.42 Å². The molecule has 0 spiro atoms. The fourth-order valence-corrected chi connectivity index (χ4v) is 4.32. The molecule has 4 heteroatoms. The molecule has 2 fully saturated rings. The third-order valence-corrected chi connectivity index (χ3v) is 5.27. The van der Waals surface area contributed by atoms with E-state index in [0.29, 0.717) is 6.04 Å². The van der Waals surface area contributed by atoms with Crippen LogP contribution in [0.15, 0.2) is 6.20 Å². The largest absolute Gasteiger partial charge is 0.493 e. The lowest BCUT2D eigenvalue weighted by Gasteiger charge is -2.27. The number of ether oxygens (including phenoxy) is 1. The lowest BCUT2D eigenvalue weighted by molar-refractivity contribution is 0.276. The Balaban J connectivity index is 1.75. The number of aromatic nitrogens is 2. The Hall–Kier alpha value is -1.03. The van der Waals surface area contributed by atoms with Crippen LogP contribution in [-0.4, -0.2) is 23.9 Å². The molecule has 2 aliphatic carbocycles. The summed E-state index contributed by atoms with van der Waals surface area (Å²) in [6.45, 7) is 0. The van der Waals surface area contributed by atoms with E-state index in [1.54, 1.807) is 7.11 Å². The van der Waals surface area contributed by atoms with Crippen molar-refractivity contribution in [1.82, 2.24) is 15.1 Å². The van der Waals surface area contributed by atoms with Gasteiger partial charge >= 0.3 is 0 Å². The smallest absolute Gasteiger partial charge is 0.161 e. The minimum Gasteiger partial charge on any atom is -0.493 e. The van der Waals surface area contributed by atoms with E-state index in [1.165, 1.54) is 37.8 Å². The van der Waals surface area contributed by atoms with Crippen LogP contribution in [-0.2, 0) is 7.05 Å². The molecule has 2 bridgehead atoms. The highest BCUT2D eigenvalue weighted by molar-refractivity contribution is 5.28. The topological polar surface area (TPSA) is 39.1 Å². The van der Waals surface area contributed by atoms with Crippen LogP contribution in [0.1, 0.15) is 43.8 Å². The number of hydrogen-bond acceptors (Lipinski definition) is 3. The van der Waals surface area contributed by atoms with E-state index >= 15 is 0 Å². The van der Waals surface area contributed by atoms with Crippen LogP contribution in [0.4, 0.5) is 0 Å². The van der Waals surface area contributed by atoms with E-state index < -0.39 is 0 Å². The molecule has 3 rings (SSSR count). The molecule has 4 atom stereocenters. The Labute approximate surface area is 115 Å². The Morgan fingerprint density at radius 1 is 1.47 bits per heavy atom. The Bertz CT molecular complexity index is 443. The van der Waals surface area contributed by atoms with Crippen molar-refractivity contribution in [3.05, 3.63) is 11.9 Å². The molecule has 1 aromatic heterocycles. The van der Waals surface area contributed by atoms with Gasteiger partial charge in [-0.25, -0.2) is 0 Å². The van der Waals surface area contributed by atoms with Gasteiger partial charge in [0.1, 0.15) is 0 Å². The molecule has 1 N–H and O–H groups in total. The number of aryl methyl sites for hydroxylation is 1. The SMILES string of the molecule is CNC(CC1CC2CCC1C2)c1c(OC)cnn1C. The molecule has 106 valence electrons. The maximum absolute atomic E-state index is 5.45. The lowest BCUT2D eigenvalue weighted by Crippen LogP contribution is -2.25. The van der Waals surface area contributed by atoms with Gasteiger partial charge in [0.2, 0.25) is 0 Å². The lowest BCUT2D eigenvalue weighted by atomic mass is 9.83. The molecule has 0 amide bonds. The van der Waals surface area contributed by atoms with Crippen LogP contribution >= 0.6 is 0 Å².